The zero-order valence-electron chi connectivity index (χ0n) is 16.6. The first-order valence-corrected chi connectivity index (χ1v) is 10.1. The summed E-state index contributed by atoms with van der Waals surface area (Å²) in [5.41, 5.74) is 2.66. The van der Waals surface area contributed by atoms with Crippen LogP contribution in [0, 0.1) is 18.3 Å². The summed E-state index contributed by atoms with van der Waals surface area (Å²) in [6.07, 6.45) is 4.24. The number of pyridine rings is 1. The Morgan fingerprint density at radius 1 is 1.15 bits per heavy atom. The maximum Gasteiger partial charge on any atom is 0.117 e. The molecule has 2 aromatic rings. The summed E-state index contributed by atoms with van der Waals surface area (Å²) >= 11 is 0. The lowest BCUT2D eigenvalue weighted by Crippen LogP contribution is -2.45. The molecule has 1 unspecified atom stereocenters. The van der Waals surface area contributed by atoms with Crippen LogP contribution in [0.2, 0.25) is 0 Å². The Morgan fingerprint density at radius 3 is 2.70 bits per heavy atom. The second-order valence-electron chi connectivity index (χ2n) is 8.31. The third-order valence-corrected chi connectivity index (χ3v) is 6.39. The molecule has 4 heterocycles. The van der Waals surface area contributed by atoms with Gasteiger partial charge in [-0.1, -0.05) is 6.07 Å². The van der Waals surface area contributed by atoms with Crippen LogP contribution in [0.4, 0.5) is 0 Å². The second kappa shape index (κ2) is 8.13. The molecule has 0 N–H and O–H groups in total. The first-order chi connectivity index (χ1) is 13.2. The lowest BCUT2D eigenvalue weighted by molar-refractivity contribution is 0.0346. The van der Waals surface area contributed by atoms with Gasteiger partial charge in [0.05, 0.1) is 25.1 Å². The lowest BCUT2D eigenvalue weighted by atomic mass is 9.71. The van der Waals surface area contributed by atoms with Crippen LogP contribution < -0.4 is 0 Å². The molecule has 0 aliphatic carbocycles. The number of piperidine rings is 1. The molecule has 2 aliphatic heterocycles. The van der Waals surface area contributed by atoms with Gasteiger partial charge in [-0.3, -0.25) is 14.8 Å². The molecule has 0 saturated carbocycles. The highest BCUT2D eigenvalue weighted by atomic mass is 16.5. The normalized spacial score (nSPS) is 23.3. The lowest BCUT2D eigenvalue weighted by Gasteiger charge is -2.42. The maximum absolute atomic E-state index is 5.60. The molecule has 0 amide bonds. The van der Waals surface area contributed by atoms with E-state index in [0.29, 0.717) is 11.3 Å². The van der Waals surface area contributed by atoms with Gasteiger partial charge in [0.2, 0.25) is 0 Å². The highest BCUT2D eigenvalue weighted by molar-refractivity contribution is 5.10. The van der Waals surface area contributed by atoms with Crippen LogP contribution >= 0.6 is 0 Å². The van der Waals surface area contributed by atoms with Crippen LogP contribution in [-0.4, -0.2) is 54.7 Å². The van der Waals surface area contributed by atoms with Crippen molar-refractivity contribution in [2.24, 2.45) is 11.3 Å². The molecule has 27 heavy (non-hydrogen) atoms. The van der Waals surface area contributed by atoms with Crippen LogP contribution in [0.1, 0.15) is 30.0 Å². The quantitative estimate of drug-likeness (QED) is 0.781. The molecule has 0 radical (unpaired) electrons. The minimum Gasteiger partial charge on any atom is -0.468 e. The fourth-order valence-corrected chi connectivity index (χ4v) is 4.96. The van der Waals surface area contributed by atoms with Crippen molar-refractivity contribution in [3.05, 3.63) is 53.7 Å². The first-order valence-electron chi connectivity index (χ1n) is 10.1. The van der Waals surface area contributed by atoms with Crippen LogP contribution in [-0.2, 0) is 17.8 Å². The van der Waals surface area contributed by atoms with Gasteiger partial charge in [-0.25, -0.2) is 0 Å². The molecule has 1 spiro atoms. The Hall–Kier alpha value is -1.69. The van der Waals surface area contributed by atoms with E-state index < -0.39 is 0 Å². The molecule has 4 rings (SSSR count). The topological polar surface area (TPSA) is 41.7 Å². The average Bonchev–Trinajstić information content (AvgIpc) is 3.27. The number of methoxy groups -OCH3 is 1. The number of hydrogen-bond acceptors (Lipinski definition) is 5. The maximum atomic E-state index is 5.60. The number of ether oxygens (including phenoxy) is 1. The van der Waals surface area contributed by atoms with Gasteiger partial charge in [0.1, 0.15) is 5.76 Å². The number of rotatable bonds is 6. The summed E-state index contributed by atoms with van der Waals surface area (Å²) < 4.78 is 11.2. The highest BCUT2D eigenvalue weighted by Gasteiger charge is 2.47. The summed E-state index contributed by atoms with van der Waals surface area (Å²) in [7, 11) is 1.83. The van der Waals surface area contributed by atoms with Gasteiger partial charge < -0.3 is 9.15 Å². The standard InChI is InChI=1S/C22H31N3O2/c1-18-5-3-6-20(23-18)14-24-10-8-22(9-11-24)17-25(13-19(22)16-26-2)15-21-7-4-12-27-21/h3-7,12,19H,8-11,13-17H2,1-2H3. The Morgan fingerprint density at radius 2 is 2.00 bits per heavy atom. The van der Waals surface area contributed by atoms with Crippen LogP contribution in [0.5, 0.6) is 0 Å². The molecule has 2 aromatic heterocycles. The van der Waals surface area contributed by atoms with Crippen molar-refractivity contribution in [1.82, 2.24) is 14.8 Å². The average molecular weight is 370 g/mol. The van der Waals surface area contributed by atoms with E-state index in [0.717, 1.165) is 57.3 Å². The summed E-state index contributed by atoms with van der Waals surface area (Å²) in [6.45, 7) is 9.33. The van der Waals surface area contributed by atoms with E-state index in [-0.39, 0.29) is 0 Å². The molecule has 0 aromatic carbocycles. The Labute approximate surface area is 162 Å². The predicted molar refractivity (Wildman–Crippen MR) is 105 cm³/mol. The van der Waals surface area contributed by atoms with E-state index >= 15 is 0 Å². The summed E-state index contributed by atoms with van der Waals surface area (Å²) in [4.78, 5) is 9.79. The van der Waals surface area contributed by atoms with E-state index in [2.05, 4.69) is 46.0 Å². The largest absolute Gasteiger partial charge is 0.468 e. The summed E-state index contributed by atoms with van der Waals surface area (Å²) in [6, 6.07) is 10.4. The zero-order chi connectivity index (χ0) is 18.7. The summed E-state index contributed by atoms with van der Waals surface area (Å²) in [5, 5.41) is 0. The van der Waals surface area contributed by atoms with E-state index in [1.807, 2.05) is 13.2 Å². The van der Waals surface area contributed by atoms with E-state index in [4.69, 9.17) is 9.15 Å². The smallest absolute Gasteiger partial charge is 0.117 e. The van der Waals surface area contributed by atoms with Crippen LogP contribution in [0.25, 0.3) is 0 Å². The van der Waals surface area contributed by atoms with Gasteiger partial charge in [-0.15, -0.1) is 0 Å². The van der Waals surface area contributed by atoms with Gasteiger partial charge >= 0.3 is 0 Å². The van der Waals surface area contributed by atoms with E-state index in [1.54, 1.807) is 6.26 Å². The van der Waals surface area contributed by atoms with Crippen molar-refractivity contribution in [1.29, 1.82) is 0 Å². The second-order valence-corrected chi connectivity index (χ2v) is 8.31. The highest BCUT2D eigenvalue weighted by Crippen LogP contribution is 2.45. The Bertz CT molecular complexity index is 723. The van der Waals surface area contributed by atoms with Gasteiger partial charge in [0.15, 0.2) is 0 Å². The molecule has 5 heteroatoms. The molecule has 146 valence electrons. The fourth-order valence-electron chi connectivity index (χ4n) is 4.96. The van der Waals surface area contributed by atoms with Gasteiger partial charge in [-0.2, -0.15) is 0 Å². The third kappa shape index (κ3) is 4.26. The molecule has 2 aliphatic rings. The number of likely N-dealkylation sites (tertiary alicyclic amines) is 2. The number of aryl methyl sites for hydroxylation is 1. The minimum absolute atomic E-state index is 0.374. The molecular weight excluding hydrogens is 338 g/mol. The van der Waals surface area contributed by atoms with Crippen molar-refractivity contribution >= 4 is 0 Å². The van der Waals surface area contributed by atoms with Crippen LogP contribution in [0.3, 0.4) is 0 Å². The Kier molecular flexibility index (Phi) is 5.62. The molecule has 1 atom stereocenters. The number of aromatic nitrogens is 1. The zero-order valence-corrected chi connectivity index (χ0v) is 16.6. The molecule has 5 nitrogen and oxygen atoms in total. The van der Waals surface area contributed by atoms with Crippen molar-refractivity contribution in [3.63, 3.8) is 0 Å². The van der Waals surface area contributed by atoms with E-state index in [1.165, 1.54) is 18.5 Å². The monoisotopic (exact) mass is 369 g/mol. The van der Waals surface area contributed by atoms with Gasteiger partial charge in [0, 0.05) is 38.4 Å². The number of furan rings is 1. The van der Waals surface area contributed by atoms with Gasteiger partial charge in [0.25, 0.3) is 0 Å². The SMILES string of the molecule is COCC1CN(Cc2ccco2)CC12CCN(Cc1cccc(C)n1)CC2. The van der Waals surface area contributed by atoms with Crippen molar-refractivity contribution in [2.75, 3.05) is 39.9 Å². The van der Waals surface area contributed by atoms with Crippen LogP contribution in [0.15, 0.2) is 41.0 Å². The Balaban J connectivity index is 1.38. The molecule has 0 bridgehead atoms. The molecule has 2 saturated heterocycles. The fraction of sp³-hybridized carbons (Fsp3) is 0.591. The van der Waals surface area contributed by atoms with E-state index in [9.17, 15) is 0 Å². The molecular formula is C22H31N3O2. The van der Waals surface area contributed by atoms with Crippen molar-refractivity contribution < 1.29 is 9.15 Å². The third-order valence-electron chi connectivity index (χ3n) is 6.39. The number of nitrogens with zero attached hydrogens (tertiary/aromatic N) is 3. The molecule has 2 fully saturated rings. The minimum atomic E-state index is 0.374. The first kappa shape index (κ1) is 18.7. The number of hydrogen-bond donors (Lipinski definition) is 0. The van der Waals surface area contributed by atoms with Crippen molar-refractivity contribution in [3.8, 4) is 0 Å². The summed E-state index contributed by atoms with van der Waals surface area (Å²) in [5.74, 6) is 1.67. The van der Waals surface area contributed by atoms with Crippen molar-refractivity contribution in [2.45, 2.75) is 32.9 Å². The van der Waals surface area contributed by atoms with Gasteiger partial charge in [-0.05, 0) is 62.5 Å². The predicted octanol–water partition coefficient (Wildman–Crippen LogP) is 3.34.